The van der Waals surface area contributed by atoms with E-state index in [1.54, 1.807) is 0 Å². The average Bonchev–Trinajstić information content (AvgIpc) is 2.66. The minimum absolute atomic E-state index is 0.0222. The topological polar surface area (TPSA) is 38.3 Å². The van der Waals surface area contributed by atoms with Crippen LogP contribution in [0.1, 0.15) is 60.0 Å². The molecule has 1 aliphatic rings. The summed E-state index contributed by atoms with van der Waals surface area (Å²) in [6.07, 6.45) is 5.64. The molecule has 0 aliphatic heterocycles. The number of hydrogen-bond donors (Lipinski definition) is 1. The molecule has 1 amide bonds. The van der Waals surface area contributed by atoms with Crippen LogP contribution in [0.3, 0.4) is 0 Å². The molecule has 3 rings (SSSR count). The van der Waals surface area contributed by atoms with Gasteiger partial charge in [0.25, 0.3) is 5.91 Å². The first-order chi connectivity index (χ1) is 12.6. The fraction of sp³-hybridized carbons (Fsp3) is 0.435. The zero-order valence-electron chi connectivity index (χ0n) is 16.1. The van der Waals surface area contributed by atoms with E-state index in [0.29, 0.717) is 0 Å². The smallest absolute Gasteiger partial charge is 0.258 e. The highest BCUT2D eigenvalue weighted by atomic mass is 16.5. The minimum Gasteiger partial charge on any atom is -0.484 e. The number of ether oxygens (including phenoxy) is 1. The number of benzene rings is 2. The number of rotatable bonds is 6. The van der Waals surface area contributed by atoms with Crippen molar-refractivity contribution in [3.63, 3.8) is 0 Å². The van der Waals surface area contributed by atoms with Gasteiger partial charge in [-0.2, -0.15) is 0 Å². The average molecular weight is 351 g/mol. The van der Waals surface area contributed by atoms with Crippen LogP contribution >= 0.6 is 0 Å². The summed E-state index contributed by atoms with van der Waals surface area (Å²) in [5.74, 6) is 0.716. The van der Waals surface area contributed by atoms with Gasteiger partial charge in [0.2, 0.25) is 0 Å². The molecule has 0 saturated heterocycles. The van der Waals surface area contributed by atoms with Gasteiger partial charge in [-0.3, -0.25) is 4.79 Å². The molecule has 26 heavy (non-hydrogen) atoms. The predicted octanol–water partition coefficient (Wildman–Crippen LogP) is 4.83. The van der Waals surface area contributed by atoms with Gasteiger partial charge in [0.05, 0.1) is 6.04 Å². The molecule has 3 heteroatoms. The molecule has 2 aromatic carbocycles. The quantitative estimate of drug-likeness (QED) is 0.809. The fourth-order valence-corrected chi connectivity index (χ4v) is 3.59. The normalized spacial score (nSPS) is 14.4. The number of carbonyl (C=O) groups excluding carboxylic acids is 1. The Kier molecular flexibility index (Phi) is 5.97. The molecule has 0 aromatic heterocycles. The van der Waals surface area contributed by atoms with Crippen LogP contribution in [0.25, 0.3) is 0 Å². The van der Waals surface area contributed by atoms with Crippen molar-refractivity contribution in [3.8, 4) is 5.75 Å². The molecule has 0 saturated carbocycles. The molecule has 1 N–H and O–H groups in total. The third kappa shape index (κ3) is 4.46. The lowest BCUT2D eigenvalue weighted by Gasteiger charge is -2.19. The maximum atomic E-state index is 12.4. The SMILES string of the molecule is CCC(NC(=O)COc1ccc2c(c1)CCCC2)c1ccc(C)c(C)c1. The second kappa shape index (κ2) is 8.39. The Morgan fingerprint density at radius 2 is 1.81 bits per heavy atom. The maximum absolute atomic E-state index is 12.4. The van der Waals surface area contributed by atoms with Crippen LogP contribution in [0.2, 0.25) is 0 Å². The van der Waals surface area contributed by atoms with E-state index in [2.05, 4.69) is 56.4 Å². The van der Waals surface area contributed by atoms with Crippen molar-refractivity contribution in [2.75, 3.05) is 6.61 Å². The zero-order valence-corrected chi connectivity index (χ0v) is 16.1. The fourth-order valence-electron chi connectivity index (χ4n) is 3.59. The van der Waals surface area contributed by atoms with E-state index in [-0.39, 0.29) is 18.6 Å². The van der Waals surface area contributed by atoms with E-state index in [1.165, 1.54) is 35.1 Å². The van der Waals surface area contributed by atoms with Crippen molar-refractivity contribution in [2.24, 2.45) is 0 Å². The number of nitrogens with one attached hydrogen (secondary N) is 1. The van der Waals surface area contributed by atoms with Crippen molar-refractivity contribution in [2.45, 2.75) is 58.9 Å². The molecule has 0 spiro atoms. The van der Waals surface area contributed by atoms with E-state index < -0.39 is 0 Å². The van der Waals surface area contributed by atoms with Crippen molar-refractivity contribution in [1.82, 2.24) is 5.32 Å². The lowest BCUT2D eigenvalue weighted by atomic mass is 9.92. The van der Waals surface area contributed by atoms with Gasteiger partial charge < -0.3 is 10.1 Å². The third-order valence-electron chi connectivity index (χ3n) is 5.37. The molecule has 0 radical (unpaired) electrons. The van der Waals surface area contributed by atoms with Gasteiger partial charge in [0, 0.05) is 0 Å². The van der Waals surface area contributed by atoms with Crippen LogP contribution < -0.4 is 10.1 Å². The molecule has 2 aromatic rings. The van der Waals surface area contributed by atoms with Crippen molar-refractivity contribution in [3.05, 3.63) is 64.2 Å². The Morgan fingerprint density at radius 3 is 2.54 bits per heavy atom. The van der Waals surface area contributed by atoms with Crippen molar-refractivity contribution in [1.29, 1.82) is 0 Å². The van der Waals surface area contributed by atoms with Crippen LogP contribution in [0.4, 0.5) is 0 Å². The van der Waals surface area contributed by atoms with Gasteiger partial charge >= 0.3 is 0 Å². The van der Waals surface area contributed by atoms with Gasteiger partial charge in [-0.1, -0.05) is 31.2 Å². The summed E-state index contributed by atoms with van der Waals surface area (Å²) in [6.45, 7) is 6.35. The molecule has 0 heterocycles. The first-order valence-corrected chi connectivity index (χ1v) is 9.68. The maximum Gasteiger partial charge on any atom is 0.258 e. The summed E-state index contributed by atoms with van der Waals surface area (Å²) in [5.41, 5.74) is 6.47. The molecule has 3 nitrogen and oxygen atoms in total. The van der Waals surface area contributed by atoms with Crippen LogP contribution in [0, 0.1) is 13.8 Å². The molecular weight excluding hydrogens is 322 g/mol. The van der Waals surface area contributed by atoms with Crippen LogP contribution in [0.15, 0.2) is 36.4 Å². The zero-order chi connectivity index (χ0) is 18.5. The Hall–Kier alpha value is -2.29. The van der Waals surface area contributed by atoms with E-state index in [9.17, 15) is 4.79 Å². The number of amides is 1. The highest BCUT2D eigenvalue weighted by Gasteiger charge is 2.15. The lowest BCUT2D eigenvalue weighted by Crippen LogP contribution is -2.32. The summed E-state index contributed by atoms with van der Waals surface area (Å²) < 4.78 is 5.75. The Balaban J connectivity index is 1.58. The second-order valence-electron chi connectivity index (χ2n) is 7.30. The summed E-state index contributed by atoms with van der Waals surface area (Å²) in [4.78, 5) is 12.4. The Bertz CT molecular complexity index is 782. The minimum atomic E-state index is -0.0761. The van der Waals surface area contributed by atoms with Gasteiger partial charge in [-0.25, -0.2) is 0 Å². The van der Waals surface area contributed by atoms with Gasteiger partial charge in [0.15, 0.2) is 6.61 Å². The number of fused-ring (bicyclic) bond motifs is 1. The summed E-state index contributed by atoms with van der Waals surface area (Å²) in [6, 6.07) is 12.6. The summed E-state index contributed by atoms with van der Waals surface area (Å²) in [7, 11) is 0. The van der Waals surface area contributed by atoms with Crippen LogP contribution in [0.5, 0.6) is 5.75 Å². The number of aryl methyl sites for hydroxylation is 4. The third-order valence-corrected chi connectivity index (χ3v) is 5.37. The van der Waals surface area contributed by atoms with E-state index in [0.717, 1.165) is 30.6 Å². The molecule has 0 fully saturated rings. The van der Waals surface area contributed by atoms with Gasteiger partial charge in [-0.15, -0.1) is 0 Å². The first-order valence-electron chi connectivity index (χ1n) is 9.68. The number of hydrogen-bond acceptors (Lipinski definition) is 2. The lowest BCUT2D eigenvalue weighted by molar-refractivity contribution is -0.123. The molecule has 1 atom stereocenters. The Labute approximate surface area is 156 Å². The molecule has 138 valence electrons. The summed E-state index contributed by atoms with van der Waals surface area (Å²) >= 11 is 0. The molecule has 1 unspecified atom stereocenters. The predicted molar refractivity (Wildman–Crippen MR) is 106 cm³/mol. The molecular formula is C23H29NO2. The van der Waals surface area contributed by atoms with Gasteiger partial charge in [0.1, 0.15) is 5.75 Å². The standard InChI is InChI=1S/C23H29NO2/c1-4-22(20-10-9-16(2)17(3)13-20)24-23(25)15-26-21-12-11-18-7-5-6-8-19(18)14-21/h9-14,22H,4-8,15H2,1-3H3,(H,24,25). The Morgan fingerprint density at radius 1 is 1.04 bits per heavy atom. The van der Waals surface area contributed by atoms with Crippen LogP contribution in [-0.2, 0) is 17.6 Å². The second-order valence-corrected chi connectivity index (χ2v) is 7.30. The van der Waals surface area contributed by atoms with E-state index in [1.807, 2.05) is 6.07 Å². The van der Waals surface area contributed by atoms with Gasteiger partial charge in [-0.05, 0) is 85.9 Å². The first kappa shape index (κ1) is 18.5. The van der Waals surface area contributed by atoms with Crippen LogP contribution in [-0.4, -0.2) is 12.5 Å². The van der Waals surface area contributed by atoms with Crippen molar-refractivity contribution < 1.29 is 9.53 Å². The largest absolute Gasteiger partial charge is 0.484 e. The van der Waals surface area contributed by atoms with E-state index >= 15 is 0 Å². The molecule has 1 aliphatic carbocycles. The van der Waals surface area contributed by atoms with Crippen molar-refractivity contribution >= 4 is 5.91 Å². The highest BCUT2D eigenvalue weighted by Crippen LogP contribution is 2.25. The highest BCUT2D eigenvalue weighted by molar-refractivity contribution is 5.78. The number of carbonyl (C=O) groups is 1. The summed E-state index contributed by atoms with van der Waals surface area (Å²) in [5, 5.41) is 3.10. The molecule has 0 bridgehead atoms. The van der Waals surface area contributed by atoms with E-state index in [4.69, 9.17) is 4.74 Å². The monoisotopic (exact) mass is 351 g/mol.